The van der Waals surface area contributed by atoms with Gasteiger partial charge in [0.05, 0.1) is 5.25 Å². The zero-order valence-corrected chi connectivity index (χ0v) is 15.1. The number of carbonyl (C=O) groups is 2. The van der Waals surface area contributed by atoms with E-state index in [1.54, 1.807) is 11.3 Å². The number of amides is 3. The van der Waals surface area contributed by atoms with E-state index in [9.17, 15) is 9.59 Å². The first-order valence-corrected chi connectivity index (χ1v) is 9.08. The van der Waals surface area contributed by atoms with Gasteiger partial charge in [-0.25, -0.2) is 14.8 Å². The molecule has 1 aliphatic rings. The highest BCUT2D eigenvalue weighted by Gasteiger charge is 2.31. The first-order chi connectivity index (χ1) is 10.9. The molecule has 2 aromatic rings. The maximum absolute atomic E-state index is 12.5. The summed E-state index contributed by atoms with van der Waals surface area (Å²) in [5, 5.41) is 4.11. The Hall–Kier alpha value is -1.67. The third-order valence-electron chi connectivity index (χ3n) is 3.87. The van der Waals surface area contributed by atoms with Gasteiger partial charge in [0.1, 0.15) is 15.7 Å². The van der Waals surface area contributed by atoms with E-state index in [1.807, 2.05) is 13.8 Å². The first-order valence-electron chi connectivity index (χ1n) is 7.38. The fraction of sp³-hybridized carbons (Fsp3) is 0.467. The highest BCUT2D eigenvalue weighted by molar-refractivity contribution is 8.00. The Kier molecular flexibility index (Phi) is 4.29. The summed E-state index contributed by atoms with van der Waals surface area (Å²) >= 11 is 3.04. The summed E-state index contributed by atoms with van der Waals surface area (Å²) in [6, 6.07) is -0.311. The lowest BCUT2D eigenvalue weighted by Crippen LogP contribution is -2.38. The van der Waals surface area contributed by atoms with E-state index in [0.717, 1.165) is 20.8 Å². The number of rotatable bonds is 3. The molecule has 1 fully saturated rings. The van der Waals surface area contributed by atoms with Gasteiger partial charge in [-0.3, -0.25) is 9.69 Å². The molecule has 1 saturated heterocycles. The maximum atomic E-state index is 12.5. The normalized spacial score (nSPS) is 16.0. The molecular formula is C15H18N4O2S2. The Morgan fingerprint density at radius 3 is 2.74 bits per heavy atom. The molecule has 1 N–H and O–H groups in total. The summed E-state index contributed by atoms with van der Waals surface area (Å²) in [7, 11) is 0. The van der Waals surface area contributed by atoms with E-state index >= 15 is 0 Å². The second kappa shape index (κ2) is 6.09. The number of fused-ring (bicyclic) bond motifs is 1. The minimum Gasteiger partial charge on any atom is -0.336 e. The van der Waals surface area contributed by atoms with Gasteiger partial charge in [-0.2, -0.15) is 0 Å². The van der Waals surface area contributed by atoms with Gasteiger partial charge >= 0.3 is 6.03 Å². The molecule has 3 heterocycles. The number of nitrogens with zero attached hydrogens (tertiary/aromatic N) is 3. The number of carbonyl (C=O) groups excluding carboxylic acids is 2. The predicted molar refractivity (Wildman–Crippen MR) is 92.1 cm³/mol. The Bertz CT molecular complexity index is 802. The Morgan fingerprint density at radius 2 is 2.09 bits per heavy atom. The van der Waals surface area contributed by atoms with Crippen LogP contribution in [0, 0.1) is 20.8 Å². The van der Waals surface area contributed by atoms with Crippen molar-refractivity contribution in [3.05, 3.63) is 16.3 Å². The third-order valence-corrected chi connectivity index (χ3v) is 6.04. The standard InChI is InChI=1S/C15H18N4O2S2/c1-7-8(2)22-12-11(7)13(18-10(4)17-12)23-9(3)14(20)19-6-5-16-15(19)21/h9H,5-6H2,1-4H3,(H,16,21)/t9-/m0/s1. The Morgan fingerprint density at radius 1 is 1.35 bits per heavy atom. The van der Waals surface area contributed by atoms with Crippen LogP contribution in [-0.2, 0) is 4.79 Å². The highest BCUT2D eigenvalue weighted by Crippen LogP contribution is 2.36. The molecule has 23 heavy (non-hydrogen) atoms. The minimum atomic E-state index is -0.379. The van der Waals surface area contributed by atoms with Gasteiger partial charge in [0.15, 0.2) is 0 Å². The molecular weight excluding hydrogens is 332 g/mol. The molecule has 3 rings (SSSR count). The van der Waals surface area contributed by atoms with Crippen LogP contribution in [0.5, 0.6) is 0 Å². The first kappa shape index (κ1) is 16.2. The van der Waals surface area contributed by atoms with Crippen molar-refractivity contribution in [1.29, 1.82) is 0 Å². The number of thioether (sulfide) groups is 1. The van der Waals surface area contributed by atoms with E-state index in [0.29, 0.717) is 18.9 Å². The summed E-state index contributed by atoms with van der Waals surface area (Å²) < 4.78 is 0. The lowest BCUT2D eigenvalue weighted by molar-refractivity contribution is -0.126. The molecule has 0 radical (unpaired) electrons. The zero-order valence-electron chi connectivity index (χ0n) is 13.5. The summed E-state index contributed by atoms with van der Waals surface area (Å²) in [6.45, 7) is 8.73. The van der Waals surface area contributed by atoms with Gasteiger partial charge in [0.2, 0.25) is 5.91 Å². The number of aryl methyl sites for hydroxylation is 3. The molecule has 8 heteroatoms. The van der Waals surface area contributed by atoms with Crippen molar-refractivity contribution >= 4 is 45.3 Å². The molecule has 0 saturated carbocycles. The van der Waals surface area contributed by atoms with Gasteiger partial charge < -0.3 is 5.32 Å². The van der Waals surface area contributed by atoms with Crippen molar-refractivity contribution in [2.75, 3.05) is 13.1 Å². The lowest BCUT2D eigenvalue weighted by atomic mass is 10.2. The highest BCUT2D eigenvalue weighted by atomic mass is 32.2. The molecule has 0 unspecified atom stereocenters. The topological polar surface area (TPSA) is 75.2 Å². The summed E-state index contributed by atoms with van der Waals surface area (Å²) in [5.41, 5.74) is 1.16. The Labute approximate surface area is 142 Å². The van der Waals surface area contributed by atoms with Crippen LogP contribution >= 0.6 is 23.1 Å². The van der Waals surface area contributed by atoms with Crippen LogP contribution in [0.3, 0.4) is 0 Å². The molecule has 6 nitrogen and oxygen atoms in total. The van der Waals surface area contributed by atoms with E-state index in [4.69, 9.17) is 0 Å². The molecule has 3 amide bonds. The van der Waals surface area contributed by atoms with E-state index < -0.39 is 0 Å². The van der Waals surface area contributed by atoms with Gasteiger partial charge in [-0.15, -0.1) is 11.3 Å². The van der Waals surface area contributed by atoms with Crippen LogP contribution in [0.2, 0.25) is 0 Å². The smallest absolute Gasteiger partial charge is 0.324 e. The summed E-state index contributed by atoms with van der Waals surface area (Å²) in [6.07, 6.45) is 0. The van der Waals surface area contributed by atoms with Crippen LogP contribution in [-0.4, -0.2) is 45.1 Å². The van der Waals surface area contributed by atoms with Crippen molar-refractivity contribution < 1.29 is 9.59 Å². The van der Waals surface area contributed by atoms with Gasteiger partial charge in [-0.1, -0.05) is 11.8 Å². The maximum Gasteiger partial charge on any atom is 0.324 e. The fourth-order valence-electron chi connectivity index (χ4n) is 2.52. The fourth-order valence-corrected chi connectivity index (χ4v) is 4.77. The van der Waals surface area contributed by atoms with Crippen molar-refractivity contribution in [1.82, 2.24) is 20.2 Å². The largest absolute Gasteiger partial charge is 0.336 e. The van der Waals surface area contributed by atoms with E-state index in [2.05, 4.69) is 29.1 Å². The van der Waals surface area contributed by atoms with E-state index in [-0.39, 0.29) is 17.2 Å². The average molecular weight is 350 g/mol. The van der Waals surface area contributed by atoms with Gasteiger partial charge in [0, 0.05) is 23.4 Å². The molecule has 0 bridgehead atoms. The number of hydrogen-bond acceptors (Lipinski definition) is 6. The third kappa shape index (κ3) is 2.92. The number of aromatic nitrogens is 2. The van der Waals surface area contributed by atoms with Crippen LogP contribution in [0.1, 0.15) is 23.2 Å². The lowest BCUT2D eigenvalue weighted by Gasteiger charge is -2.17. The number of imide groups is 1. The van der Waals surface area contributed by atoms with Crippen LogP contribution < -0.4 is 5.32 Å². The predicted octanol–water partition coefficient (Wildman–Crippen LogP) is 2.65. The average Bonchev–Trinajstić information content (AvgIpc) is 3.02. The zero-order chi connectivity index (χ0) is 16.7. The molecule has 122 valence electrons. The van der Waals surface area contributed by atoms with Crippen molar-refractivity contribution in [3.8, 4) is 0 Å². The molecule has 0 spiro atoms. The molecule has 2 aromatic heterocycles. The second-order valence-electron chi connectivity index (χ2n) is 5.52. The van der Waals surface area contributed by atoms with Crippen molar-refractivity contribution in [2.24, 2.45) is 0 Å². The van der Waals surface area contributed by atoms with Gasteiger partial charge in [-0.05, 0) is 33.3 Å². The van der Waals surface area contributed by atoms with Crippen molar-refractivity contribution in [2.45, 2.75) is 38.0 Å². The van der Waals surface area contributed by atoms with Crippen LogP contribution in [0.25, 0.3) is 10.2 Å². The Balaban J connectivity index is 1.91. The molecule has 0 aromatic carbocycles. The van der Waals surface area contributed by atoms with E-state index in [1.165, 1.54) is 21.5 Å². The van der Waals surface area contributed by atoms with Crippen LogP contribution in [0.15, 0.2) is 5.03 Å². The second-order valence-corrected chi connectivity index (χ2v) is 8.05. The number of hydrogen-bond donors (Lipinski definition) is 1. The number of nitrogens with one attached hydrogen (secondary N) is 1. The minimum absolute atomic E-state index is 0.181. The van der Waals surface area contributed by atoms with Gasteiger partial charge in [0.25, 0.3) is 0 Å². The van der Waals surface area contributed by atoms with Crippen LogP contribution in [0.4, 0.5) is 4.79 Å². The quantitative estimate of drug-likeness (QED) is 0.680. The number of urea groups is 1. The number of thiophene rings is 1. The summed E-state index contributed by atoms with van der Waals surface area (Å²) in [4.78, 5) is 36.6. The summed E-state index contributed by atoms with van der Waals surface area (Å²) in [5.74, 6) is 0.513. The van der Waals surface area contributed by atoms with Crippen molar-refractivity contribution in [3.63, 3.8) is 0 Å². The molecule has 1 atom stereocenters. The monoisotopic (exact) mass is 350 g/mol. The molecule has 0 aliphatic carbocycles. The molecule has 1 aliphatic heterocycles. The SMILES string of the molecule is Cc1nc(S[C@@H](C)C(=O)N2CCNC2=O)c2c(C)c(C)sc2n1.